The number of aromatic nitrogens is 1. The van der Waals surface area contributed by atoms with Crippen molar-refractivity contribution in [3.63, 3.8) is 0 Å². The van der Waals surface area contributed by atoms with Gasteiger partial charge in [-0.05, 0) is 43.2 Å². The highest BCUT2D eigenvalue weighted by molar-refractivity contribution is 6.03. The molecule has 1 aromatic heterocycles. The molecule has 3 rings (SSSR count). The number of Topliss-reactive ketones (excluding diaryl/α,β-unsaturated/α-hetero) is 1. The Bertz CT molecular complexity index is 1080. The van der Waals surface area contributed by atoms with E-state index in [1.54, 1.807) is 25.8 Å². The van der Waals surface area contributed by atoms with Crippen LogP contribution >= 0.6 is 0 Å². The SMILES string of the molecule is CCCC(=O)c1c(C)c(OCc2ccccc2)c(C(=O)N(C)C)n1-c1ccc(OC)cc1. The third kappa shape index (κ3) is 4.69. The summed E-state index contributed by atoms with van der Waals surface area (Å²) in [4.78, 5) is 28.0. The van der Waals surface area contributed by atoms with Crippen molar-refractivity contribution in [2.45, 2.75) is 33.3 Å². The van der Waals surface area contributed by atoms with Gasteiger partial charge in [0.05, 0.1) is 12.8 Å². The van der Waals surface area contributed by atoms with Gasteiger partial charge >= 0.3 is 0 Å². The van der Waals surface area contributed by atoms with Crippen LogP contribution in [0.3, 0.4) is 0 Å². The maximum absolute atomic E-state index is 13.3. The van der Waals surface area contributed by atoms with Gasteiger partial charge in [0.25, 0.3) is 5.91 Å². The molecule has 1 heterocycles. The van der Waals surface area contributed by atoms with Crippen LogP contribution in [-0.2, 0) is 6.61 Å². The quantitative estimate of drug-likeness (QED) is 0.442. The average Bonchev–Trinajstić information content (AvgIpc) is 3.09. The molecular weight excluding hydrogens is 404 g/mol. The second-order valence-electron chi connectivity index (χ2n) is 7.83. The number of hydrogen-bond donors (Lipinski definition) is 0. The molecular formula is C26H30N2O4. The first kappa shape index (κ1) is 23.1. The molecule has 0 unspecified atom stereocenters. The number of ketones is 1. The smallest absolute Gasteiger partial charge is 0.274 e. The number of carbonyl (C=O) groups excluding carboxylic acids is 2. The van der Waals surface area contributed by atoms with E-state index in [0.717, 1.165) is 5.56 Å². The van der Waals surface area contributed by atoms with E-state index in [1.807, 2.05) is 68.4 Å². The van der Waals surface area contributed by atoms with E-state index in [4.69, 9.17) is 9.47 Å². The summed E-state index contributed by atoms with van der Waals surface area (Å²) in [6, 6.07) is 17.1. The van der Waals surface area contributed by atoms with Gasteiger partial charge in [-0.15, -0.1) is 0 Å². The summed E-state index contributed by atoms with van der Waals surface area (Å²) < 4.78 is 13.2. The summed E-state index contributed by atoms with van der Waals surface area (Å²) in [5, 5.41) is 0. The van der Waals surface area contributed by atoms with Gasteiger partial charge in [-0.25, -0.2) is 0 Å². The molecule has 0 bridgehead atoms. The highest BCUT2D eigenvalue weighted by Crippen LogP contribution is 2.36. The molecule has 0 aliphatic rings. The molecule has 0 saturated heterocycles. The first-order valence-electron chi connectivity index (χ1n) is 10.7. The van der Waals surface area contributed by atoms with Crippen molar-refractivity contribution in [3.8, 4) is 17.2 Å². The van der Waals surface area contributed by atoms with Gasteiger partial charge in [0.15, 0.2) is 17.2 Å². The molecule has 0 atom stereocenters. The van der Waals surface area contributed by atoms with E-state index in [-0.39, 0.29) is 11.7 Å². The highest BCUT2D eigenvalue weighted by atomic mass is 16.5. The minimum atomic E-state index is -0.234. The molecule has 0 aliphatic heterocycles. The maximum atomic E-state index is 13.3. The van der Waals surface area contributed by atoms with Gasteiger partial charge in [0, 0.05) is 31.8 Å². The number of amides is 1. The molecule has 168 valence electrons. The summed E-state index contributed by atoms with van der Waals surface area (Å²) in [5.74, 6) is 0.869. The minimum absolute atomic E-state index is 0.0248. The average molecular weight is 435 g/mol. The molecule has 3 aromatic rings. The Labute approximate surface area is 189 Å². The number of hydrogen-bond acceptors (Lipinski definition) is 4. The van der Waals surface area contributed by atoms with E-state index in [9.17, 15) is 9.59 Å². The third-order valence-corrected chi connectivity index (χ3v) is 5.26. The highest BCUT2D eigenvalue weighted by Gasteiger charge is 2.31. The first-order valence-corrected chi connectivity index (χ1v) is 10.7. The zero-order valence-corrected chi connectivity index (χ0v) is 19.3. The monoisotopic (exact) mass is 434 g/mol. The van der Waals surface area contributed by atoms with E-state index in [1.165, 1.54) is 4.90 Å². The second-order valence-corrected chi connectivity index (χ2v) is 7.83. The Hall–Kier alpha value is -3.54. The summed E-state index contributed by atoms with van der Waals surface area (Å²) in [6.07, 6.45) is 1.10. The molecule has 6 nitrogen and oxygen atoms in total. The van der Waals surface area contributed by atoms with Gasteiger partial charge < -0.3 is 14.4 Å². The van der Waals surface area contributed by atoms with Gasteiger partial charge in [-0.1, -0.05) is 37.3 Å². The van der Waals surface area contributed by atoms with Gasteiger partial charge in [0.1, 0.15) is 12.4 Å². The third-order valence-electron chi connectivity index (χ3n) is 5.26. The Morgan fingerprint density at radius 3 is 2.19 bits per heavy atom. The molecule has 0 N–H and O–H groups in total. The van der Waals surface area contributed by atoms with E-state index >= 15 is 0 Å². The topological polar surface area (TPSA) is 60.8 Å². The van der Waals surface area contributed by atoms with Crippen LogP contribution in [0.5, 0.6) is 11.5 Å². The largest absolute Gasteiger partial charge is 0.497 e. The minimum Gasteiger partial charge on any atom is -0.497 e. The number of carbonyl (C=O) groups is 2. The molecule has 1 amide bonds. The lowest BCUT2D eigenvalue weighted by atomic mass is 10.1. The van der Waals surface area contributed by atoms with Crippen LogP contribution in [-0.4, -0.2) is 42.4 Å². The predicted octanol–water partition coefficient (Wildman–Crippen LogP) is 5.06. The molecule has 32 heavy (non-hydrogen) atoms. The first-order chi connectivity index (χ1) is 15.4. The lowest BCUT2D eigenvalue weighted by Crippen LogP contribution is -2.25. The Kier molecular flexibility index (Phi) is 7.36. The molecule has 0 aliphatic carbocycles. The molecule has 0 fully saturated rings. The van der Waals surface area contributed by atoms with Gasteiger partial charge in [0.2, 0.25) is 0 Å². The summed E-state index contributed by atoms with van der Waals surface area (Å²) in [7, 11) is 4.98. The molecule has 0 saturated carbocycles. The zero-order chi connectivity index (χ0) is 23.3. The Balaban J connectivity index is 2.22. The van der Waals surface area contributed by atoms with Crippen molar-refractivity contribution in [2.24, 2.45) is 0 Å². The van der Waals surface area contributed by atoms with Crippen LogP contribution in [0.1, 0.15) is 51.9 Å². The van der Waals surface area contributed by atoms with E-state index in [2.05, 4.69) is 0 Å². The number of rotatable bonds is 9. The molecule has 2 aromatic carbocycles. The number of ether oxygens (including phenoxy) is 2. The standard InChI is InChI=1S/C26H30N2O4/c1-6-10-22(29)23-18(2)25(32-17-19-11-8-7-9-12-19)24(26(30)27(3)4)28(23)20-13-15-21(31-5)16-14-20/h7-9,11-16H,6,10,17H2,1-5H3. The lowest BCUT2D eigenvalue weighted by molar-refractivity contribution is 0.0814. The summed E-state index contributed by atoms with van der Waals surface area (Å²) in [5.41, 5.74) is 3.17. The van der Waals surface area contributed by atoms with Gasteiger partial charge in [-0.2, -0.15) is 0 Å². The number of nitrogens with zero attached hydrogens (tertiary/aromatic N) is 2. The summed E-state index contributed by atoms with van der Waals surface area (Å²) in [6.45, 7) is 4.10. The van der Waals surface area contributed by atoms with Crippen LogP contribution < -0.4 is 9.47 Å². The molecule has 0 radical (unpaired) electrons. The lowest BCUT2D eigenvalue weighted by Gasteiger charge is -2.17. The molecule has 6 heteroatoms. The van der Waals surface area contributed by atoms with Crippen LogP contribution in [0.25, 0.3) is 5.69 Å². The second kappa shape index (κ2) is 10.2. The predicted molar refractivity (Wildman–Crippen MR) is 125 cm³/mol. The fourth-order valence-electron chi connectivity index (χ4n) is 3.65. The fraction of sp³-hybridized carbons (Fsp3) is 0.308. The van der Waals surface area contributed by atoms with Crippen molar-refractivity contribution in [1.29, 1.82) is 0 Å². The zero-order valence-electron chi connectivity index (χ0n) is 19.3. The summed E-state index contributed by atoms with van der Waals surface area (Å²) >= 11 is 0. The van der Waals surface area contributed by atoms with Crippen LogP contribution in [0.4, 0.5) is 0 Å². The van der Waals surface area contributed by atoms with Crippen molar-refractivity contribution in [1.82, 2.24) is 9.47 Å². The Morgan fingerprint density at radius 2 is 1.62 bits per heavy atom. The van der Waals surface area contributed by atoms with Crippen molar-refractivity contribution >= 4 is 11.7 Å². The van der Waals surface area contributed by atoms with Crippen molar-refractivity contribution in [2.75, 3.05) is 21.2 Å². The normalized spacial score (nSPS) is 10.7. The van der Waals surface area contributed by atoms with Crippen LogP contribution in [0.15, 0.2) is 54.6 Å². The Morgan fingerprint density at radius 1 is 0.969 bits per heavy atom. The van der Waals surface area contributed by atoms with E-state index < -0.39 is 0 Å². The number of methoxy groups -OCH3 is 1. The van der Waals surface area contributed by atoms with Crippen molar-refractivity contribution < 1.29 is 19.1 Å². The van der Waals surface area contributed by atoms with Crippen molar-refractivity contribution in [3.05, 3.63) is 77.1 Å². The van der Waals surface area contributed by atoms with Crippen LogP contribution in [0.2, 0.25) is 0 Å². The maximum Gasteiger partial charge on any atom is 0.274 e. The van der Waals surface area contributed by atoms with E-state index in [0.29, 0.717) is 53.6 Å². The fourth-order valence-corrected chi connectivity index (χ4v) is 3.65. The number of benzene rings is 2. The van der Waals surface area contributed by atoms with Crippen LogP contribution in [0, 0.1) is 6.92 Å². The van der Waals surface area contributed by atoms with Gasteiger partial charge in [-0.3, -0.25) is 14.2 Å². The molecule has 0 spiro atoms.